The Morgan fingerprint density at radius 3 is 2.86 bits per heavy atom. The van der Waals surface area contributed by atoms with E-state index < -0.39 is 0 Å². The number of fused-ring (bicyclic) bond motifs is 1. The minimum Gasteiger partial charge on any atom is -0.330 e. The zero-order valence-electron chi connectivity index (χ0n) is 13.7. The molecule has 1 aromatic carbocycles. The average molecular weight is 299 g/mol. The lowest BCUT2D eigenvalue weighted by molar-refractivity contribution is 0.158. The molecule has 1 aliphatic carbocycles. The molecule has 4 N–H and O–H groups in total. The molecule has 0 aromatic heterocycles. The fourth-order valence-electron chi connectivity index (χ4n) is 4.53. The van der Waals surface area contributed by atoms with Crippen molar-refractivity contribution < 1.29 is 0 Å². The van der Waals surface area contributed by atoms with Crippen LogP contribution in [0.25, 0.3) is 5.57 Å². The maximum absolute atomic E-state index is 6.21. The smallest absolute Gasteiger partial charge is 0.0591 e. The van der Waals surface area contributed by atoms with E-state index in [1.54, 1.807) is 0 Å². The van der Waals surface area contributed by atoms with Gasteiger partial charge in [0.1, 0.15) is 0 Å². The van der Waals surface area contributed by atoms with Crippen LogP contribution in [0.15, 0.2) is 30.5 Å². The zero-order valence-corrected chi connectivity index (χ0v) is 13.7. The number of benzene rings is 1. The van der Waals surface area contributed by atoms with Crippen LogP contribution in [0.5, 0.6) is 0 Å². The quantitative estimate of drug-likeness (QED) is 0.834. The first kappa shape index (κ1) is 15.6. The maximum atomic E-state index is 6.21. The van der Waals surface area contributed by atoms with E-state index in [1.807, 2.05) is 5.01 Å². The monoisotopic (exact) mass is 299 g/mol. The third kappa shape index (κ3) is 2.68. The lowest BCUT2D eigenvalue weighted by atomic mass is 9.59. The molecule has 22 heavy (non-hydrogen) atoms. The van der Waals surface area contributed by atoms with Crippen LogP contribution in [0.1, 0.15) is 56.6 Å². The number of rotatable bonds is 4. The predicted octanol–water partition coefficient (Wildman–Crippen LogP) is 3.65. The second kappa shape index (κ2) is 6.43. The Labute approximate surface area is 134 Å². The average Bonchev–Trinajstić information content (AvgIpc) is 2.53. The van der Waals surface area contributed by atoms with Crippen LogP contribution in [0, 0.1) is 11.3 Å². The summed E-state index contributed by atoms with van der Waals surface area (Å²) in [6.45, 7) is 4.01. The van der Waals surface area contributed by atoms with Crippen LogP contribution >= 0.6 is 0 Å². The lowest BCUT2D eigenvalue weighted by Crippen LogP contribution is -2.38. The first-order valence-corrected chi connectivity index (χ1v) is 8.69. The fraction of sp³-hybridized carbons (Fsp3) is 0.579. The van der Waals surface area contributed by atoms with E-state index >= 15 is 0 Å². The number of hydrazine groups is 1. The molecule has 0 spiro atoms. The molecule has 1 aliphatic heterocycles. The molecule has 0 amide bonds. The van der Waals surface area contributed by atoms with Gasteiger partial charge < -0.3 is 10.7 Å². The van der Waals surface area contributed by atoms with Gasteiger partial charge in [0.25, 0.3) is 0 Å². The van der Waals surface area contributed by atoms with Crippen molar-refractivity contribution in [2.75, 3.05) is 6.54 Å². The molecule has 2 unspecified atom stereocenters. The standard InChI is InChI=1S/C19H29N3/c1-15-7-4-5-10-19(15,11-6-12-20)18-14-22(21)13-16-8-2-3-9-17(16)18/h2-3,8-9,14-15H,4-7,10-13,20-21H2,1H3. The summed E-state index contributed by atoms with van der Waals surface area (Å²) >= 11 is 0. The second-order valence-corrected chi connectivity index (χ2v) is 7.07. The maximum Gasteiger partial charge on any atom is 0.0591 e. The van der Waals surface area contributed by atoms with E-state index in [0.717, 1.165) is 19.5 Å². The van der Waals surface area contributed by atoms with Gasteiger partial charge in [0.05, 0.1) is 6.54 Å². The van der Waals surface area contributed by atoms with Crippen molar-refractivity contribution in [3.63, 3.8) is 0 Å². The van der Waals surface area contributed by atoms with Crippen LogP contribution in [0.3, 0.4) is 0 Å². The van der Waals surface area contributed by atoms with E-state index in [-0.39, 0.29) is 5.41 Å². The van der Waals surface area contributed by atoms with Crippen molar-refractivity contribution in [3.8, 4) is 0 Å². The van der Waals surface area contributed by atoms with Gasteiger partial charge in [-0.25, -0.2) is 5.84 Å². The third-order valence-corrected chi connectivity index (χ3v) is 5.77. The molecule has 120 valence electrons. The Kier molecular flexibility index (Phi) is 4.55. The Morgan fingerprint density at radius 1 is 1.27 bits per heavy atom. The summed E-state index contributed by atoms with van der Waals surface area (Å²) in [5.74, 6) is 6.91. The van der Waals surface area contributed by atoms with E-state index in [1.165, 1.54) is 48.8 Å². The molecule has 3 heteroatoms. The molecule has 1 heterocycles. The summed E-state index contributed by atoms with van der Waals surface area (Å²) in [4.78, 5) is 0. The Bertz CT molecular complexity index is 551. The minimum absolute atomic E-state index is 0.242. The van der Waals surface area contributed by atoms with E-state index in [2.05, 4.69) is 37.4 Å². The molecule has 0 radical (unpaired) electrons. The lowest BCUT2D eigenvalue weighted by Gasteiger charge is -2.47. The first-order valence-electron chi connectivity index (χ1n) is 8.69. The van der Waals surface area contributed by atoms with Gasteiger partial charge in [-0.2, -0.15) is 0 Å². The summed E-state index contributed by atoms with van der Waals surface area (Å²) in [5, 5.41) is 1.86. The van der Waals surface area contributed by atoms with Crippen LogP contribution < -0.4 is 11.6 Å². The number of nitrogens with two attached hydrogens (primary N) is 2. The highest BCUT2D eigenvalue weighted by Crippen LogP contribution is 2.54. The van der Waals surface area contributed by atoms with Gasteiger partial charge in [0.2, 0.25) is 0 Å². The molecule has 2 atom stereocenters. The third-order valence-electron chi connectivity index (χ3n) is 5.77. The SMILES string of the molecule is CC1CCCCC1(CCCN)C1=CN(N)Cc2ccccc21. The summed E-state index contributed by atoms with van der Waals surface area (Å²) in [6.07, 6.45) is 9.73. The highest BCUT2D eigenvalue weighted by atomic mass is 15.4. The van der Waals surface area contributed by atoms with Gasteiger partial charge in [-0.3, -0.25) is 0 Å². The van der Waals surface area contributed by atoms with Crippen molar-refractivity contribution in [3.05, 3.63) is 41.6 Å². The summed E-state index contributed by atoms with van der Waals surface area (Å²) < 4.78 is 0. The van der Waals surface area contributed by atoms with E-state index in [0.29, 0.717) is 5.92 Å². The predicted molar refractivity (Wildman–Crippen MR) is 92.5 cm³/mol. The number of hydrogen-bond donors (Lipinski definition) is 2. The second-order valence-electron chi connectivity index (χ2n) is 7.07. The van der Waals surface area contributed by atoms with Crippen LogP contribution in [-0.2, 0) is 6.54 Å². The molecule has 0 bridgehead atoms. The molecule has 0 saturated heterocycles. The molecule has 3 nitrogen and oxygen atoms in total. The van der Waals surface area contributed by atoms with Crippen LogP contribution in [0.2, 0.25) is 0 Å². The Morgan fingerprint density at radius 2 is 2.09 bits per heavy atom. The fourth-order valence-corrected chi connectivity index (χ4v) is 4.53. The van der Waals surface area contributed by atoms with Gasteiger partial charge in [-0.05, 0) is 54.8 Å². The minimum atomic E-state index is 0.242. The van der Waals surface area contributed by atoms with Crippen molar-refractivity contribution in [2.24, 2.45) is 22.9 Å². The highest BCUT2D eigenvalue weighted by Gasteiger charge is 2.42. The summed E-state index contributed by atoms with van der Waals surface area (Å²) in [7, 11) is 0. The molecular weight excluding hydrogens is 270 g/mol. The van der Waals surface area contributed by atoms with Crippen molar-refractivity contribution in [1.82, 2.24) is 5.01 Å². The first-order chi connectivity index (χ1) is 10.7. The summed E-state index contributed by atoms with van der Waals surface area (Å²) in [6, 6.07) is 8.77. The van der Waals surface area contributed by atoms with Crippen molar-refractivity contribution in [2.45, 2.75) is 52.0 Å². The highest BCUT2D eigenvalue weighted by molar-refractivity contribution is 5.74. The normalized spacial score (nSPS) is 28.2. The number of allylic oxidation sites excluding steroid dienone is 1. The summed E-state index contributed by atoms with van der Waals surface area (Å²) in [5.41, 5.74) is 10.3. The number of nitrogens with zero attached hydrogens (tertiary/aromatic N) is 1. The van der Waals surface area contributed by atoms with Crippen LogP contribution in [-0.4, -0.2) is 11.6 Å². The van der Waals surface area contributed by atoms with Gasteiger partial charge in [-0.15, -0.1) is 0 Å². The van der Waals surface area contributed by atoms with Gasteiger partial charge >= 0.3 is 0 Å². The molecular formula is C19H29N3. The van der Waals surface area contributed by atoms with Crippen molar-refractivity contribution in [1.29, 1.82) is 0 Å². The molecule has 3 rings (SSSR count). The topological polar surface area (TPSA) is 55.3 Å². The van der Waals surface area contributed by atoms with Crippen molar-refractivity contribution >= 4 is 5.57 Å². The van der Waals surface area contributed by atoms with Gasteiger partial charge in [0.15, 0.2) is 0 Å². The van der Waals surface area contributed by atoms with Crippen LogP contribution in [0.4, 0.5) is 0 Å². The number of hydrogen-bond acceptors (Lipinski definition) is 3. The molecule has 1 fully saturated rings. The van der Waals surface area contributed by atoms with Gasteiger partial charge in [-0.1, -0.05) is 44.0 Å². The molecule has 1 saturated carbocycles. The van der Waals surface area contributed by atoms with Gasteiger partial charge in [0, 0.05) is 11.6 Å². The van der Waals surface area contributed by atoms with E-state index in [4.69, 9.17) is 11.6 Å². The molecule has 2 aliphatic rings. The molecule has 1 aromatic rings. The largest absolute Gasteiger partial charge is 0.330 e. The Balaban J connectivity index is 2.06. The van der Waals surface area contributed by atoms with E-state index in [9.17, 15) is 0 Å². The zero-order chi connectivity index (χ0) is 15.6. The Hall–Kier alpha value is -1.32.